The number of hydrogen-bond acceptors (Lipinski definition) is 2. The van der Waals surface area contributed by atoms with Crippen molar-refractivity contribution in [1.82, 2.24) is 0 Å². The van der Waals surface area contributed by atoms with E-state index >= 15 is 0 Å². The van der Waals surface area contributed by atoms with Gasteiger partial charge in [0.25, 0.3) is 5.92 Å². The van der Waals surface area contributed by atoms with E-state index in [1.807, 2.05) is 30.3 Å². The van der Waals surface area contributed by atoms with Crippen LogP contribution in [0.3, 0.4) is 0 Å². The van der Waals surface area contributed by atoms with Crippen LogP contribution in [0.1, 0.15) is 12.0 Å². The standard InChI is InChI=1S/C11H14F2O2/c12-11(13,9-14)6-7-15-8-10-4-2-1-3-5-10/h1-5,14H,6-9H2. The van der Waals surface area contributed by atoms with E-state index in [0.29, 0.717) is 6.61 Å². The highest BCUT2D eigenvalue weighted by Crippen LogP contribution is 2.17. The Labute approximate surface area is 87.5 Å². The Morgan fingerprint density at radius 1 is 1.20 bits per heavy atom. The number of rotatable bonds is 6. The number of ether oxygens (including phenoxy) is 1. The van der Waals surface area contributed by atoms with Crippen molar-refractivity contribution in [1.29, 1.82) is 0 Å². The van der Waals surface area contributed by atoms with Crippen LogP contribution in [0.15, 0.2) is 30.3 Å². The summed E-state index contributed by atoms with van der Waals surface area (Å²) in [5.74, 6) is -3.03. The fourth-order valence-corrected chi connectivity index (χ4v) is 1.06. The molecule has 0 bridgehead atoms. The van der Waals surface area contributed by atoms with Gasteiger partial charge in [-0.15, -0.1) is 0 Å². The fraction of sp³-hybridized carbons (Fsp3) is 0.455. The van der Waals surface area contributed by atoms with Crippen LogP contribution < -0.4 is 0 Å². The Kier molecular flexibility index (Phi) is 4.65. The summed E-state index contributed by atoms with van der Waals surface area (Å²) >= 11 is 0. The highest BCUT2D eigenvalue weighted by Gasteiger charge is 2.26. The van der Waals surface area contributed by atoms with Gasteiger partial charge in [-0.05, 0) is 5.56 Å². The maximum Gasteiger partial charge on any atom is 0.272 e. The van der Waals surface area contributed by atoms with Crippen molar-refractivity contribution in [3.63, 3.8) is 0 Å². The molecule has 0 aliphatic carbocycles. The van der Waals surface area contributed by atoms with E-state index in [-0.39, 0.29) is 6.61 Å². The van der Waals surface area contributed by atoms with E-state index in [4.69, 9.17) is 9.84 Å². The van der Waals surface area contributed by atoms with E-state index < -0.39 is 19.0 Å². The molecule has 0 atom stereocenters. The van der Waals surface area contributed by atoms with Crippen molar-refractivity contribution in [2.24, 2.45) is 0 Å². The molecule has 0 aromatic heterocycles. The largest absolute Gasteiger partial charge is 0.390 e. The maximum atomic E-state index is 12.5. The topological polar surface area (TPSA) is 29.5 Å². The van der Waals surface area contributed by atoms with Gasteiger partial charge in [0.1, 0.15) is 6.61 Å². The summed E-state index contributed by atoms with van der Waals surface area (Å²) in [5.41, 5.74) is 0.949. The SMILES string of the molecule is OCC(F)(F)CCOCc1ccccc1. The molecule has 4 heteroatoms. The Bertz CT molecular complexity index is 275. The van der Waals surface area contributed by atoms with Crippen LogP contribution in [0.2, 0.25) is 0 Å². The quantitative estimate of drug-likeness (QED) is 0.739. The molecule has 0 saturated heterocycles. The zero-order valence-corrected chi connectivity index (χ0v) is 8.33. The number of hydrogen-bond donors (Lipinski definition) is 1. The zero-order valence-electron chi connectivity index (χ0n) is 8.33. The lowest BCUT2D eigenvalue weighted by Gasteiger charge is -2.12. The van der Waals surface area contributed by atoms with E-state index in [1.165, 1.54) is 0 Å². The van der Waals surface area contributed by atoms with Crippen molar-refractivity contribution in [3.05, 3.63) is 35.9 Å². The van der Waals surface area contributed by atoms with Crippen molar-refractivity contribution < 1.29 is 18.6 Å². The normalized spacial score (nSPS) is 11.7. The van der Waals surface area contributed by atoms with Gasteiger partial charge in [-0.3, -0.25) is 0 Å². The average Bonchev–Trinajstić information content (AvgIpc) is 2.26. The minimum Gasteiger partial charge on any atom is -0.390 e. The lowest BCUT2D eigenvalue weighted by Crippen LogP contribution is -2.23. The number of aliphatic hydroxyl groups excluding tert-OH is 1. The number of benzene rings is 1. The van der Waals surface area contributed by atoms with Crippen molar-refractivity contribution in [2.75, 3.05) is 13.2 Å². The summed E-state index contributed by atoms with van der Waals surface area (Å²) in [6, 6.07) is 9.33. The first-order valence-electron chi connectivity index (χ1n) is 4.74. The summed E-state index contributed by atoms with van der Waals surface area (Å²) in [6.07, 6.45) is -0.448. The maximum absolute atomic E-state index is 12.5. The minimum atomic E-state index is -3.03. The summed E-state index contributed by atoms with van der Waals surface area (Å²) in [4.78, 5) is 0. The summed E-state index contributed by atoms with van der Waals surface area (Å²) in [6.45, 7) is -0.855. The Balaban J connectivity index is 2.18. The Hall–Kier alpha value is -1.00. The zero-order chi connectivity index (χ0) is 11.1. The minimum absolute atomic E-state index is 0.0531. The molecule has 1 aromatic carbocycles. The molecule has 1 N–H and O–H groups in total. The van der Waals surface area contributed by atoms with E-state index in [2.05, 4.69) is 0 Å². The van der Waals surface area contributed by atoms with E-state index in [0.717, 1.165) is 5.56 Å². The third-order valence-electron chi connectivity index (χ3n) is 1.96. The molecule has 0 aliphatic heterocycles. The molecular weight excluding hydrogens is 202 g/mol. The van der Waals surface area contributed by atoms with Gasteiger partial charge in [0.05, 0.1) is 13.2 Å². The van der Waals surface area contributed by atoms with E-state index in [1.54, 1.807) is 0 Å². The average molecular weight is 216 g/mol. The highest BCUT2D eigenvalue weighted by atomic mass is 19.3. The molecule has 0 spiro atoms. The summed E-state index contributed by atoms with van der Waals surface area (Å²) in [5, 5.41) is 8.30. The predicted octanol–water partition coefficient (Wildman–Crippen LogP) is 2.22. The third-order valence-corrected chi connectivity index (χ3v) is 1.96. The predicted molar refractivity (Wildman–Crippen MR) is 52.7 cm³/mol. The van der Waals surface area contributed by atoms with Gasteiger partial charge >= 0.3 is 0 Å². The fourth-order valence-electron chi connectivity index (χ4n) is 1.06. The van der Waals surface area contributed by atoms with Crippen LogP contribution in [0.5, 0.6) is 0 Å². The van der Waals surface area contributed by atoms with Gasteiger partial charge in [-0.2, -0.15) is 0 Å². The summed E-state index contributed by atoms with van der Waals surface area (Å²) in [7, 11) is 0. The van der Waals surface area contributed by atoms with Crippen LogP contribution >= 0.6 is 0 Å². The molecule has 84 valence electrons. The smallest absolute Gasteiger partial charge is 0.272 e. The third kappa shape index (κ3) is 4.85. The molecule has 1 rings (SSSR count). The molecule has 1 aromatic rings. The lowest BCUT2D eigenvalue weighted by atomic mass is 10.2. The molecule has 0 saturated carbocycles. The van der Waals surface area contributed by atoms with Gasteiger partial charge in [0.2, 0.25) is 0 Å². The first kappa shape index (κ1) is 12.1. The van der Waals surface area contributed by atoms with Crippen LogP contribution in [-0.2, 0) is 11.3 Å². The number of halogens is 2. The molecule has 0 fully saturated rings. The van der Waals surface area contributed by atoms with Crippen molar-refractivity contribution in [3.8, 4) is 0 Å². The molecule has 0 radical (unpaired) electrons. The lowest BCUT2D eigenvalue weighted by molar-refractivity contribution is -0.0738. The van der Waals surface area contributed by atoms with Gasteiger partial charge in [0, 0.05) is 6.42 Å². The molecule has 0 heterocycles. The monoisotopic (exact) mass is 216 g/mol. The molecule has 0 aliphatic rings. The van der Waals surface area contributed by atoms with Gasteiger partial charge in [0.15, 0.2) is 0 Å². The number of alkyl halides is 2. The number of aliphatic hydroxyl groups is 1. The van der Waals surface area contributed by atoms with E-state index in [9.17, 15) is 8.78 Å². The Morgan fingerprint density at radius 2 is 1.87 bits per heavy atom. The second kappa shape index (κ2) is 5.78. The van der Waals surface area contributed by atoms with Gasteiger partial charge in [-0.1, -0.05) is 30.3 Å². The van der Waals surface area contributed by atoms with Gasteiger partial charge < -0.3 is 9.84 Å². The molecular formula is C11H14F2O2. The first-order valence-corrected chi connectivity index (χ1v) is 4.74. The first-order chi connectivity index (χ1) is 7.14. The van der Waals surface area contributed by atoms with Crippen LogP contribution in [0.4, 0.5) is 8.78 Å². The summed E-state index contributed by atoms with van der Waals surface area (Å²) < 4.78 is 30.2. The molecule has 15 heavy (non-hydrogen) atoms. The van der Waals surface area contributed by atoms with Gasteiger partial charge in [-0.25, -0.2) is 8.78 Å². The second-order valence-corrected chi connectivity index (χ2v) is 3.30. The van der Waals surface area contributed by atoms with Crippen molar-refractivity contribution >= 4 is 0 Å². The molecule has 0 unspecified atom stereocenters. The Morgan fingerprint density at radius 3 is 2.47 bits per heavy atom. The highest BCUT2D eigenvalue weighted by molar-refractivity contribution is 5.13. The van der Waals surface area contributed by atoms with Crippen molar-refractivity contribution in [2.45, 2.75) is 19.0 Å². The molecule has 0 amide bonds. The second-order valence-electron chi connectivity index (χ2n) is 3.30. The van der Waals surface area contributed by atoms with Crippen LogP contribution in [0.25, 0.3) is 0 Å². The molecule has 2 nitrogen and oxygen atoms in total. The van der Waals surface area contributed by atoms with Crippen LogP contribution in [0, 0.1) is 0 Å². The van der Waals surface area contributed by atoms with Crippen LogP contribution in [-0.4, -0.2) is 24.2 Å².